The van der Waals surface area contributed by atoms with Crippen LogP contribution in [-0.4, -0.2) is 22.2 Å². The highest BCUT2D eigenvalue weighted by molar-refractivity contribution is 7.81. The number of carbonyl (C=O) groups excluding carboxylic acids is 1. The van der Waals surface area contributed by atoms with Gasteiger partial charge in [-0.3, -0.25) is 4.79 Å². The van der Waals surface area contributed by atoms with Gasteiger partial charge in [0.2, 0.25) is 5.91 Å². The van der Waals surface area contributed by atoms with Gasteiger partial charge in [-0.25, -0.2) is 0 Å². The molecule has 10 heavy (non-hydrogen) atoms. The molecule has 0 aromatic carbocycles. The molecule has 1 aliphatic heterocycles. The van der Waals surface area contributed by atoms with Crippen molar-refractivity contribution in [2.24, 2.45) is 0 Å². The van der Waals surface area contributed by atoms with Crippen molar-refractivity contribution in [2.45, 2.75) is 25.3 Å². The fourth-order valence-corrected chi connectivity index (χ4v) is 1.63. The van der Waals surface area contributed by atoms with E-state index in [9.17, 15) is 4.79 Å². The predicted octanol–water partition coefficient (Wildman–Crippen LogP) is 1.05. The Morgan fingerprint density at radius 3 is 2.40 bits per heavy atom. The highest BCUT2D eigenvalue weighted by atomic mass is 32.1. The van der Waals surface area contributed by atoms with E-state index >= 15 is 0 Å². The lowest BCUT2D eigenvalue weighted by Crippen LogP contribution is -2.36. The van der Waals surface area contributed by atoms with Crippen molar-refractivity contribution >= 4 is 18.5 Å². The van der Waals surface area contributed by atoms with Gasteiger partial charge in [-0.05, 0) is 6.92 Å². The molecule has 1 amide bonds. The van der Waals surface area contributed by atoms with Gasteiger partial charge in [0.05, 0.1) is 5.37 Å². The summed E-state index contributed by atoms with van der Waals surface area (Å²) in [5, 5.41) is -0.0208. The number of hydrogen-bond acceptors (Lipinski definition) is 2. The van der Waals surface area contributed by atoms with Crippen molar-refractivity contribution in [3.63, 3.8) is 0 Å². The first-order valence-corrected chi connectivity index (χ1v) is 3.80. The lowest BCUT2D eigenvalue weighted by molar-refractivity contribution is -0.129. The number of carbonyl (C=O) groups is 1. The number of thiol groups is 1. The van der Waals surface area contributed by atoms with Crippen LogP contribution < -0.4 is 0 Å². The van der Waals surface area contributed by atoms with Gasteiger partial charge in [-0.1, -0.05) is 12.2 Å². The second-order valence-corrected chi connectivity index (χ2v) is 2.99. The van der Waals surface area contributed by atoms with Crippen molar-refractivity contribution in [3.05, 3.63) is 12.2 Å². The fourth-order valence-electron chi connectivity index (χ4n) is 1.16. The first-order valence-electron chi connectivity index (χ1n) is 3.28. The number of rotatable bonds is 0. The Morgan fingerprint density at radius 1 is 1.60 bits per heavy atom. The van der Waals surface area contributed by atoms with Crippen molar-refractivity contribution < 1.29 is 4.79 Å². The summed E-state index contributed by atoms with van der Waals surface area (Å²) in [7, 11) is 0. The second kappa shape index (κ2) is 2.66. The van der Waals surface area contributed by atoms with Crippen LogP contribution in [0, 0.1) is 0 Å². The Balaban J connectivity index is 2.69. The molecule has 0 saturated heterocycles. The predicted molar refractivity (Wildman–Crippen MR) is 43.9 cm³/mol. The number of amides is 1. The molecule has 56 valence electrons. The molecule has 3 heteroatoms. The van der Waals surface area contributed by atoms with Gasteiger partial charge < -0.3 is 4.90 Å². The van der Waals surface area contributed by atoms with Crippen LogP contribution in [0.2, 0.25) is 0 Å². The molecule has 0 fully saturated rings. The summed E-state index contributed by atoms with van der Waals surface area (Å²) >= 11 is 4.20. The Labute approximate surface area is 66.3 Å². The zero-order valence-electron chi connectivity index (χ0n) is 6.11. The molecule has 1 heterocycles. The maximum Gasteiger partial charge on any atom is 0.221 e. The molecule has 0 unspecified atom stereocenters. The highest BCUT2D eigenvalue weighted by Crippen LogP contribution is 2.18. The van der Waals surface area contributed by atoms with E-state index < -0.39 is 0 Å². The zero-order chi connectivity index (χ0) is 7.72. The SMILES string of the molecule is CC(=O)N1[C@H](S)C=C[C@@H]1C. The van der Waals surface area contributed by atoms with E-state index in [2.05, 4.69) is 12.6 Å². The summed E-state index contributed by atoms with van der Waals surface area (Å²) in [6, 6.07) is 0.208. The maximum absolute atomic E-state index is 10.9. The topological polar surface area (TPSA) is 20.3 Å². The molecule has 0 aromatic rings. The summed E-state index contributed by atoms with van der Waals surface area (Å²) in [6.07, 6.45) is 3.91. The molecule has 1 aliphatic rings. The van der Waals surface area contributed by atoms with E-state index in [1.807, 2.05) is 19.1 Å². The third-order valence-electron chi connectivity index (χ3n) is 1.65. The van der Waals surface area contributed by atoms with E-state index in [1.165, 1.54) is 0 Å². The molecule has 2 atom stereocenters. The van der Waals surface area contributed by atoms with Gasteiger partial charge in [-0.15, -0.1) is 0 Å². The standard InChI is InChI=1S/C7H11NOS/c1-5-3-4-7(10)8(5)6(2)9/h3-5,7,10H,1-2H3/t5-,7+/m0/s1. The molecule has 2 nitrogen and oxygen atoms in total. The van der Waals surface area contributed by atoms with Crippen LogP contribution in [0.4, 0.5) is 0 Å². The Bertz CT molecular complexity index is 166. The molecule has 0 aliphatic carbocycles. The van der Waals surface area contributed by atoms with Gasteiger partial charge in [0.25, 0.3) is 0 Å². The molecular formula is C7H11NOS. The van der Waals surface area contributed by atoms with Gasteiger partial charge in [-0.2, -0.15) is 12.6 Å². The average molecular weight is 157 g/mol. The minimum Gasteiger partial charge on any atom is -0.322 e. The van der Waals surface area contributed by atoms with Crippen LogP contribution in [0.25, 0.3) is 0 Å². The van der Waals surface area contributed by atoms with Crippen molar-refractivity contribution in [1.29, 1.82) is 0 Å². The first kappa shape index (κ1) is 7.66. The normalized spacial score (nSPS) is 31.3. The highest BCUT2D eigenvalue weighted by Gasteiger charge is 2.24. The van der Waals surface area contributed by atoms with Crippen LogP contribution in [0.3, 0.4) is 0 Å². The van der Waals surface area contributed by atoms with E-state index in [-0.39, 0.29) is 17.3 Å². The average Bonchev–Trinajstić information content (AvgIpc) is 2.11. The number of nitrogens with zero attached hydrogens (tertiary/aromatic N) is 1. The Morgan fingerprint density at radius 2 is 2.20 bits per heavy atom. The van der Waals surface area contributed by atoms with Crippen molar-refractivity contribution in [2.75, 3.05) is 0 Å². The molecular weight excluding hydrogens is 146 g/mol. The van der Waals surface area contributed by atoms with Gasteiger partial charge in [0.15, 0.2) is 0 Å². The monoisotopic (exact) mass is 157 g/mol. The summed E-state index contributed by atoms with van der Waals surface area (Å²) in [5.41, 5.74) is 0. The van der Waals surface area contributed by atoms with Gasteiger partial charge in [0.1, 0.15) is 0 Å². The van der Waals surface area contributed by atoms with Crippen LogP contribution in [0.5, 0.6) is 0 Å². The smallest absolute Gasteiger partial charge is 0.221 e. The van der Waals surface area contributed by atoms with E-state index in [1.54, 1.807) is 11.8 Å². The van der Waals surface area contributed by atoms with Crippen molar-refractivity contribution in [3.8, 4) is 0 Å². The minimum atomic E-state index is -0.0208. The fraction of sp³-hybridized carbons (Fsp3) is 0.571. The Hall–Kier alpha value is -0.440. The van der Waals surface area contributed by atoms with Crippen LogP contribution in [-0.2, 0) is 4.79 Å². The molecule has 0 aromatic heterocycles. The van der Waals surface area contributed by atoms with Gasteiger partial charge in [0, 0.05) is 13.0 Å². The van der Waals surface area contributed by atoms with Crippen molar-refractivity contribution in [1.82, 2.24) is 4.90 Å². The van der Waals surface area contributed by atoms with E-state index in [0.29, 0.717) is 0 Å². The Kier molecular flexibility index (Phi) is 2.04. The lowest BCUT2D eigenvalue weighted by atomic mass is 10.3. The second-order valence-electron chi connectivity index (χ2n) is 2.47. The summed E-state index contributed by atoms with van der Waals surface area (Å²) < 4.78 is 0. The number of hydrogen-bond donors (Lipinski definition) is 1. The largest absolute Gasteiger partial charge is 0.322 e. The first-order chi connectivity index (χ1) is 4.63. The lowest BCUT2D eigenvalue weighted by Gasteiger charge is -2.23. The van der Waals surface area contributed by atoms with E-state index in [0.717, 1.165) is 0 Å². The molecule has 0 radical (unpaired) electrons. The van der Waals surface area contributed by atoms with E-state index in [4.69, 9.17) is 0 Å². The summed E-state index contributed by atoms with van der Waals surface area (Å²) in [5.74, 6) is 0.0810. The summed E-state index contributed by atoms with van der Waals surface area (Å²) in [4.78, 5) is 12.6. The summed E-state index contributed by atoms with van der Waals surface area (Å²) in [6.45, 7) is 3.54. The van der Waals surface area contributed by atoms with Gasteiger partial charge >= 0.3 is 0 Å². The quantitative estimate of drug-likeness (QED) is 0.411. The molecule has 1 rings (SSSR count). The minimum absolute atomic E-state index is 0.0208. The van der Waals surface area contributed by atoms with Crippen LogP contribution >= 0.6 is 12.6 Å². The third kappa shape index (κ3) is 1.19. The molecule has 0 N–H and O–H groups in total. The van der Waals surface area contributed by atoms with Crippen LogP contribution in [0.1, 0.15) is 13.8 Å². The zero-order valence-corrected chi connectivity index (χ0v) is 7.01. The maximum atomic E-state index is 10.9. The molecule has 0 spiro atoms. The molecule has 0 bridgehead atoms. The molecule has 0 saturated carbocycles. The van der Waals surface area contributed by atoms with Crippen LogP contribution in [0.15, 0.2) is 12.2 Å². The third-order valence-corrected chi connectivity index (χ3v) is 2.07.